The second-order valence-electron chi connectivity index (χ2n) is 4.25. The number of urea groups is 1. The van der Waals surface area contributed by atoms with Crippen molar-refractivity contribution < 1.29 is 19.6 Å². The van der Waals surface area contributed by atoms with E-state index in [4.69, 9.17) is 0 Å². The number of non-ortho nitro benzene ring substituents is 1. The molecule has 0 unspecified atom stereocenters. The summed E-state index contributed by atoms with van der Waals surface area (Å²) in [6, 6.07) is 10.2. The molecule has 0 aliphatic heterocycles. The third kappa shape index (κ3) is 3.79. The summed E-state index contributed by atoms with van der Waals surface area (Å²) in [6.07, 6.45) is 0. The van der Waals surface area contributed by atoms with E-state index in [-0.39, 0.29) is 11.3 Å². The zero-order valence-electron chi connectivity index (χ0n) is 11.1. The van der Waals surface area contributed by atoms with E-state index in [2.05, 4.69) is 10.6 Å². The van der Waals surface area contributed by atoms with Crippen LogP contribution in [0.3, 0.4) is 0 Å². The van der Waals surface area contributed by atoms with Crippen molar-refractivity contribution in [2.75, 3.05) is 10.6 Å². The van der Waals surface area contributed by atoms with Gasteiger partial charge in [0.25, 0.3) is 5.69 Å². The molecular weight excluding hydrogens is 290 g/mol. The highest BCUT2D eigenvalue weighted by atomic mass is 16.6. The third-order valence-electron chi connectivity index (χ3n) is 2.71. The van der Waals surface area contributed by atoms with Crippen LogP contribution in [0.25, 0.3) is 0 Å². The van der Waals surface area contributed by atoms with Crippen LogP contribution in [0, 0.1) is 10.1 Å². The van der Waals surface area contributed by atoms with Gasteiger partial charge in [0.2, 0.25) is 0 Å². The smallest absolute Gasteiger partial charge is 0.323 e. The molecule has 0 radical (unpaired) electrons. The predicted octanol–water partition coefficient (Wildman–Crippen LogP) is 1.60. The van der Waals surface area contributed by atoms with Crippen LogP contribution in [0.4, 0.5) is 21.9 Å². The molecule has 112 valence electrons. The van der Waals surface area contributed by atoms with Gasteiger partial charge in [0, 0.05) is 23.5 Å². The molecule has 0 saturated heterocycles. The average molecular weight is 300 g/mol. The van der Waals surface area contributed by atoms with Gasteiger partial charge in [-0.1, -0.05) is 12.1 Å². The Bertz CT molecular complexity index is 649. The van der Waals surface area contributed by atoms with Crippen molar-refractivity contribution in [2.45, 2.75) is 0 Å². The number of aromatic carboxylic acids is 1. The number of carboxylic acids is 1. The first-order valence-electron chi connectivity index (χ1n) is 6.09. The molecule has 0 atom stereocenters. The van der Waals surface area contributed by atoms with Gasteiger partial charge in [-0.2, -0.15) is 0 Å². The van der Waals surface area contributed by atoms with Gasteiger partial charge >= 0.3 is 6.03 Å². The minimum absolute atomic E-state index is 0.00123. The first-order chi connectivity index (χ1) is 10.5. The number of carbonyl (C=O) groups is 2. The zero-order valence-corrected chi connectivity index (χ0v) is 11.1. The van der Waals surface area contributed by atoms with Crippen molar-refractivity contribution in [1.29, 1.82) is 0 Å². The maximum atomic E-state index is 11.7. The van der Waals surface area contributed by atoms with E-state index in [9.17, 15) is 24.8 Å². The molecule has 0 bridgehead atoms. The largest absolute Gasteiger partial charge is 0.545 e. The molecular formula is C14H10N3O5-. The number of carboxylic acid groups (broad SMARTS) is 1. The second-order valence-corrected chi connectivity index (χ2v) is 4.25. The first-order valence-corrected chi connectivity index (χ1v) is 6.09. The molecule has 2 aromatic carbocycles. The van der Waals surface area contributed by atoms with Crippen molar-refractivity contribution in [2.24, 2.45) is 0 Å². The van der Waals surface area contributed by atoms with Crippen LogP contribution >= 0.6 is 0 Å². The molecule has 0 saturated carbocycles. The molecule has 22 heavy (non-hydrogen) atoms. The molecule has 0 aliphatic rings. The topological polar surface area (TPSA) is 124 Å². The van der Waals surface area contributed by atoms with Crippen molar-refractivity contribution in [3.8, 4) is 0 Å². The highest BCUT2D eigenvalue weighted by Gasteiger charge is 2.06. The van der Waals surface area contributed by atoms with Gasteiger partial charge in [-0.05, 0) is 29.8 Å². The van der Waals surface area contributed by atoms with Crippen LogP contribution in [0.5, 0.6) is 0 Å². The van der Waals surface area contributed by atoms with E-state index in [1.54, 1.807) is 0 Å². The van der Waals surface area contributed by atoms with E-state index in [1.807, 2.05) is 0 Å². The molecule has 0 aliphatic carbocycles. The Kier molecular flexibility index (Phi) is 4.33. The van der Waals surface area contributed by atoms with Crippen molar-refractivity contribution in [3.05, 3.63) is 64.2 Å². The summed E-state index contributed by atoms with van der Waals surface area (Å²) in [5.74, 6) is -1.30. The molecule has 2 amide bonds. The summed E-state index contributed by atoms with van der Waals surface area (Å²) < 4.78 is 0. The minimum Gasteiger partial charge on any atom is -0.545 e. The maximum Gasteiger partial charge on any atom is 0.323 e. The number of amides is 2. The Hall–Kier alpha value is -3.42. The Morgan fingerprint density at radius 1 is 0.864 bits per heavy atom. The molecule has 0 aromatic heterocycles. The number of nitrogens with one attached hydrogen (secondary N) is 2. The fourth-order valence-electron chi connectivity index (χ4n) is 1.65. The summed E-state index contributed by atoms with van der Waals surface area (Å²) in [4.78, 5) is 32.3. The van der Waals surface area contributed by atoms with Gasteiger partial charge in [0.05, 0.1) is 10.9 Å². The zero-order chi connectivity index (χ0) is 16.1. The quantitative estimate of drug-likeness (QED) is 0.655. The monoisotopic (exact) mass is 300 g/mol. The standard InChI is InChI=1S/C14H11N3O5/c18-13(19)9-1-3-10(4-2-9)15-14(20)16-11-5-7-12(8-6-11)17(21)22/h1-8H,(H,18,19)(H2,15,16,20)/p-1. The summed E-state index contributed by atoms with van der Waals surface area (Å²) in [5.41, 5.74) is 0.698. The van der Waals surface area contributed by atoms with Gasteiger partial charge in [-0.25, -0.2) is 4.79 Å². The lowest BCUT2D eigenvalue weighted by atomic mass is 10.2. The SMILES string of the molecule is O=C(Nc1ccc(C(=O)[O-])cc1)Nc1ccc([N+](=O)[O-])cc1. The lowest BCUT2D eigenvalue weighted by molar-refractivity contribution is -0.384. The molecule has 2 N–H and O–H groups in total. The van der Waals surface area contributed by atoms with Gasteiger partial charge in [-0.15, -0.1) is 0 Å². The average Bonchev–Trinajstić information content (AvgIpc) is 2.48. The number of anilines is 2. The van der Waals surface area contributed by atoms with E-state index < -0.39 is 16.9 Å². The van der Waals surface area contributed by atoms with Crippen LogP contribution in [-0.2, 0) is 0 Å². The molecule has 2 aromatic rings. The van der Waals surface area contributed by atoms with Gasteiger partial charge in [0.15, 0.2) is 0 Å². The van der Waals surface area contributed by atoms with Crippen LogP contribution in [0.2, 0.25) is 0 Å². The number of nitrogens with zero attached hydrogens (tertiary/aromatic N) is 1. The Balaban J connectivity index is 1.97. The maximum absolute atomic E-state index is 11.7. The number of benzene rings is 2. The molecule has 0 fully saturated rings. The summed E-state index contributed by atoms with van der Waals surface area (Å²) in [5, 5.41) is 26.1. The van der Waals surface area contributed by atoms with Gasteiger partial charge in [0.1, 0.15) is 0 Å². The lowest BCUT2D eigenvalue weighted by Crippen LogP contribution is -2.22. The molecule has 8 nitrogen and oxygen atoms in total. The summed E-state index contributed by atoms with van der Waals surface area (Å²) in [6.45, 7) is 0. The van der Waals surface area contributed by atoms with Crippen LogP contribution in [0.1, 0.15) is 10.4 Å². The summed E-state index contributed by atoms with van der Waals surface area (Å²) in [7, 11) is 0. The van der Waals surface area contributed by atoms with Gasteiger partial charge in [-0.3, -0.25) is 10.1 Å². The lowest BCUT2D eigenvalue weighted by Gasteiger charge is -2.08. The third-order valence-corrected chi connectivity index (χ3v) is 2.71. The van der Waals surface area contributed by atoms with Crippen LogP contribution in [-0.4, -0.2) is 16.9 Å². The number of nitro groups is 1. The fraction of sp³-hybridized carbons (Fsp3) is 0. The van der Waals surface area contributed by atoms with Crippen LogP contribution < -0.4 is 15.7 Å². The van der Waals surface area contributed by atoms with Crippen LogP contribution in [0.15, 0.2) is 48.5 Å². The van der Waals surface area contributed by atoms with Crippen molar-refractivity contribution in [1.82, 2.24) is 0 Å². The first kappa shape index (κ1) is 15.0. The van der Waals surface area contributed by atoms with E-state index in [0.29, 0.717) is 11.4 Å². The molecule has 8 heteroatoms. The number of hydrogen-bond donors (Lipinski definition) is 2. The molecule has 2 rings (SSSR count). The number of rotatable bonds is 4. The van der Waals surface area contributed by atoms with Gasteiger partial charge < -0.3 is 20.5 Å². The summed E-state index contributed by atoms with van der Waals surface area (Å²) >= 11 is 0. The Labute approximate surface area is 124 Å². The number of hydrogen-bond acceptors (Lipinski definition) is 5. The highest BCUT2D eigenvalue weighted by Crippen LogP contribution is 2.16. The normalized spacial score (nSPS) is 9.82. The Morgan fingerprint density at radius 3 is 1.73 bits per heavy atom. The van der Waals surface area contributed by atoms with Crippen molar-refractivity contribution >= 4 is 29.1 Å². The minimum atomic E-state index is -1.30. The fourth-order valence-corrected chi connectivity index (χ4v) is 1.65. The number of nitro benzene ring substituents is 1. The Morgan fingerprint density at radius 2 is 1.32 bits per heavy atom. The van der Waals surface area contributed by atoms with E-state index >= 15 is 0 Å². The van der Waals surface area contributed by atoms with Crippen molar-refractivity contribution in [3.63, 3.8) is 0 Å². The molecule has 0 heterocycles. The number of carbonyl (C=O) groups excluding carboxylic acids is 2. The molecule has 0 spiro atoms. The van der Waals surface area contributed by atoms with E-state index in [1.165, 1.54) is 48.5 Å². The predicted molar refractivity (Wildman–Crippen MR) is 76.5 cm³/mol. The van der Waals surface area contributed by atoms with E-state index in [0.717, 1.165) is 0 Å². The highest BCUT2D eigenvalue weighted by molar-refractivity contribution is 6.00. The second kappa shape index (κ2) is 6.35.